The van der Waals surface area contributed by atoms with Gasteiger partial charge in [0, 0.05) is 0 Å². The molecule has 7 aromatic rings. The first-order valence-corrected chi connectivity index (χ1v) is 23.0. The van der Waals surface area contributed by atoms with E-state index in [9.17, 15) is 29.7 Å². The average molecular weight is 903 g/mol. The molecule has 0 bridgehead atoms. The second-order valence-corrected chi connectivity index (χ2v) is 16.1. The van der Waals surface area contributed by atoms with E-state index in [-0.39, 0.29) is 0 Å². The Hall–Kier alpha value is -7.05. The second kappa shape index (κ2) is 34.3. The Kier molecular flexibility index (Phi) is 29.7. The van der Waals surface area contributed by atoms with Crippen molar-refractivity contribution in [1.29, 1.82) is 0 Å². The maximum atomic E-state index is 11.6. The van der Waals surface area contributed by atoms with Crippen molar-refractivity contribution < 1.29 is 29.7 Å². The summed E-state index contributed by atoms with van der Waals surface area (Å²) in [6.45, 7) is 19.4. The monoisotopic (exact) mass is 903 g/mol. The average Bonchev–Trinajstić information content (AvgIpc) is 3.31. The largest absolute Gasteiger partial charge is 0.481 e. The van der Waals surface area contributed by atoms with Gasteiger partial charge in [0.05, 0.1) is 17.8 Å². The zero-order valence-corrected chi connectivity index (χ0v) is 41.4. The van der Waals surface area contributed by atoms with E-state index in [1.54, 1.807) is 39.8 Å². The Morgan fingerprint density at radius 3 is 0.627 bits per heavy atom. The van der Waals surface area contributed by atoms with Crippen molar-refractivity contribution in [3.8, 4) is 0 Å². The van der Waals surface area contributed by atoms with E-state index in [4.69, 9.17) is 0 Å². The Morgan fingerprint density at radius 1 is 0.328 bits per heavy atom. The first-order valence-electron chi connectivity index (χ1n) is 23.0. The minimum Gasteiger partial charge on any atom is -0.481 e. The number of carboxylic acid groups (broad SMARTS) is 3. The Morgan fingerprint density at radius 2 is 0.507 bits per heavy atom. The zero-order valence-electron chi connectivity index (χ0n) is 41.4. The minimum absolute atomic E-state index is 0.338. The van der Waals surface area contributed by atoms with Crippen LogP contribution < -0.4 is 0 Å². The fourth-order valence-electron chi connectivity index (χ4n) is 6.52. The lowest BCUT2D eigenvalue weighted by molar-refractivity contribution is -0.139. The SMILES string of the molecule is CCC(C(=O)O)c1cc(C(CC)C(=O)O)c(C)c(C(CC)C(=O)O)c1.Cc1ccccc1.Cc1ccccc1.Cc1ccccc1.Cc1ccccc1.Cc1ccccc1.Cc1ccccc1. The van der Waals surface area contributed by atoms with Crippen LogP contribution in [-0.4, -0.2) is 33.2 Å². The summed E-state index contributed by atoms with van der Waals surface area (Å²) in [5.74, 6) is -5.39. The third-order valence-corrected chi connectivity index (χ3v) is 10.4. The van der Waals surface area contributed by atoms with Crippen LogP contribution in [0.4, 0.5) is 0 Å². The molecule has 0 saturated heterocycles. The first-order chi connectivity index (χ1) is 32.1. The number of hydrogen-bond acceptors (Lipinski definition) is 3. The van der Waals surface area contributed by atoms with Gasteiger partial charge in [0.1, 0.15) is 0 Å². The highest BCUT2D eigenvalue weighted by molar-refractivity contribution is 5.81. The van der Waals surface area contributed by atoms with E-state index in [0.717, 1.165) is 0 Å². The van der Waals surface area contributed by atoms with Crippen LogP contribution in [0.5, 0.6) is 0 Å². The van der Waals surface area contributed by atoms with Gasteiger partial charge in [-0.2, -0.15) is 0 Å². The fourth-order valence-corrected chi connectivity index (χ4v) is 6.52. The summed E-state index contributed by atoms with van der Waals surface area (Å²) in [5, 5.41) is 28.5. The van der Waals surface area contributed by atoms with Crippen molar-refractivity contribution in [1.82, 2.24) is 0 Å². The number of benzene rings is 7. The smallest absolute Gasteiger partial charge is 0.310 e. The lowest BCUT2D eigenvalue weighted by atomic mass is 9.81. The topological polar surface area (TPSA) is 112 Å². The second-order valence-electron chi connectivity index (χ2n) is 16.1. The van der Waals surface area contributed by atoms with Gasteiger partial charge in [0.2, 0.25) is 0 Å². The number of hydrogen-bond donors (Lipinski definition) is 3. The number of rotatable bonds is 9. The van der Waals surface area contributed by atoms with Gasteiger partial charge in [-0.3, -0.25) is 14.4 Å². The van der Waals surface area contributed by atoms with E-state index in [2.05, 4.69) is 114 Å². The van der Waals surface area contributed by atoms with Gasteiger partial charge in [0.15, 0.2) is 0 Å². The summed E-state index contributed by atoms with van der Waals surface area (Å²) in [5.41, 5.74) is 10.0. The number of carbonyl (C=O) groups is 3. The molecule has 0 aliphatic heterocycles. The van der Waals surface area contributed by atoms with Crippen LogP contribution in [0, 0.1) is 48.5 Å². The minimum atomic E-state index is -1.00. The molecule has 3 N–H and O–H groups in total. The van der Waals surface area contributed by atoms with Crippen molar-refractivity contribution in [2.75, 3.05) is 0 Å². The normalized spacial score (nSPS) is 10.9. The molecular formula is C61H74O6. The predicted molar refractivity (Wildman–Crippen MR) is 280 cm³/mol. The number of carboxylic acids is 3. The van der Waals surface area contributed by atoms with Gasteiger partial charge in [0.25, 0.3) is 0 Å². The van der Waals surface area contributed by atoms with E-state index in [0.29, 0.717) is 41.5 Å². The van der Waals surface area contributed by atoms with Crippen molar-refractivity contribution in [2.24, 2.45) is 0 Å². The van der Waals surface area contributed by atoms with Crippen LogP contribution >= 0.6 is 0 Å². The summed E-state index contributed by atoms with van der Waals surface area (Å²) in [6, 6.07) is 64.8. The zero-order chi connectivity index (χ0) is 50.0. The summed E-state index contributed by atoms with van der Waals surface area (Å²) in [4.78, 5) is 34.8. The van der Waals surface area contributed by atoms with Crippen molar-refractivity contribution in [3.63, 3.8) is 0 Å². The molecule has 0 spiro atoms. The lowest BCUT2D eigenvalue weighted by Crippen LogP contribution is -2.19. The molecule has 0 amide bonds. The summed E-state index contributed by atoms with van der Waals surface area (Å²) >= 11 is 0. The molecule has 0 aliphatic carbocycles. The molecule has 3 unspecified atom stereocenters. The predicted octanol–water partition coefficient (Wildman–Crippen LogP) is 15.7. The van der Waals surface area contributed by atoms with Crippen LogP contribution in [0.25, 0.3) is 0 Å². The highest BCUT2D eigenvalue weighted by atomic mass is 16.4. The molecule has 3 atom stereocenters. The van der Waals surface area contributed by atoms with Crippen molar-refractivity contribution in [3.05, 3.63) is 250 Å². The molecule has 6 nitrogen and oxygen atoms in total. The highest BCUT2D eigenvalue weighted by Crippen LogP contribution is 2.35. The Labute approximate surface area is 402 Å². The van der Waals surface area contributed by atoms with Gasteiger partial charge in [-0.05, 0) is 90.0 Å². The molecule has 354 valence electrons. The molecule has 0 aromatic heterocycles. The van der Waals surface area contributed by atoms with Gasteiger partial charge in [-0.15, -0.1) is 0 Å². The lowest BCUT2D eigenvalue weighted by Gasteiger charge is -2.23. The van der Waals surface area contributed by atoms with E-state index in [1.165, 1.54) is 33.4 Å². The summed E-state index contributed by atoms with van der Waals surface area (Å²) in [7, 11) is 0. The molecule has 0 saturated carbocycles. The van der Waals surface area contributed by atoms with E-state index in [1.807, 2.05) is 109 Å². The quantitative estimate of drug-likeness (QED) is 0.133. The third kappa shape index (κ3) is 25.3. The van der Waals surface area contributed by atoms with Crippen LogP contribution in [0.2, 0.25) is 0 Å². The Balaban J connectivity index is 0.000000434. The fraction of sp³-hybridized carbons (Fsp3) is 0.262. The van der Waals surface area contributed by atoms with Crippen molar-refractivity contribution in [2.45, 2.75) is 106 Å². The first kappa shape index (κ1) is 58.0. The maximum Gasteiger partial charge on any atom is 0.310 e. The van der Waals surface area contributed by atoms with Gasteiger partial charge in [-0.1, -0.05) is 248 Å². The van der Waals surface area contributed by atoms with Crippen LogP contribution in [0.1, 0.15) is 113 Å². The maximum absolute atomic E-state index is 11.6. The van der Waals surface area contributed by atoms with Crippen LogP contribution in [-0.2, 0) is 14.4 Å². The van der Waals surface area contributed by atoms with Gasteiger partial charge >= 0.3 is 17.9 Å². The van der Waals surface area contributed by atoms with E-state index < -0.39 is 35.7 Å². The molecule has 7 rings (SSSR count). The van der Waals surface area contributed by atoms with E-state index >= 15 is 0 Å². The van der Waals surface area contributed by atoms with Gasteiger partial charge in [-0.25, -0.2) is 0 Å². The molecule has 0 heterocycles. The molecular weight excluding hydrogens is 829 g/mol. The third-order valence-electron chi connectivity index (χ3n) is 10.4. The van der Waals surface area contributed by atoms with Crippen LogP contribution in [0.3, 0.4) is 0 Å². The molecule has 0 aliphatic rings. The molecule has 7 aromatic carbocycles. The highest BCUT2D eigenvalue weighted by Gasteiger charge is 2.29. The number of aryl methyl sites for hydroxylation is 6. The molecule has 0 radical (unpaired) electrons. The number of aliphatic carboxylic acids is 3. The standard InChI is InChI=1S/C19H26O6.6C7H8/c1-5-12(17(20)21)11-8-15(13(6-2)18(22)23)10(4)16(9-11)14(7-3)19(24)25;6*1-7-5-3-2-4-6-7/h8-9,12-14H,5-7H2,1-4H3,(H,20,21)(H,22,23)(H,24,25);6*2-6H,1H3. The van der Waals surface area contributed by atoms with Crippen molar-refractivity contribution >= 4 is 17.9 Å². The summed E-state index contributed by atoms with van der Waals surface area (Å²) in [6.07, 6.45) is 1.02. The molecule has 0 fully saturated rings. The summed E-state index contributed by atoms with van der Waals surface area (Å²) < 4.78 is 0. The van der Waals surface area contributed by atoms with Crippen LogP contribution in [0.15, 0.2) is 194 Å². The molecule has 67 heavy (non-hydrogen) atoms. The molecule has 6 heteroatoms. The van der Waals surface area contributed by atoms with Gasteiger partial charge < -0.3 is 15.3 Å². The Bertz CT molecular complexity index is 2020.